The van der Waals surface area contributed by atoms with Crippen molar-refractivity contribution in [3.05, 3.63) is 55.4 Å². The van der Waals surface area contributed by atoms with Crippen molar-refractivity contribution in [1.82, 2.24) is 9.88 Å². The van der Waals surface area contributed by atoms with Crippen molar-refractivity contribution in [2.75, 3.05) is 11.9 Å². The lowest BCUT2D eigenvalue weighted by Crippen LogP contribution is -2.35. The van der Waals surface area contributed by atoms with Crippen molar-refractivity contribution >= 4 is 51.0 Å². The second-order valence-electron chi connectivity index (χ2n) is 5.34. The summed E-state index contributed by atoms with van der Waals surface area (Å²) in [5, 5.41) is 10.9. The van der Waals surface area contributed by atoms with Crippen LogP contribution in [0.4, 0.5) is 5.13 Å². The van der Waals surface area contributed by atoms with Crippen molar-refractivity contribution < 1.29 is 9.59 Å². The van der Waals surface area contributed by atoms with Gasteiger partial charge >= 0.3 is 0 Å². The van der Waals surface area contributed by atoms with Gasteiger partial charge in [-0.15, -0.1) is 0 Å². The first kappa shape index (κ1) is 15.5. The molecule has 2 amide bonds. The van der Waals surface area contributed by atoms with Crippen LogP contribution in [0.5, 0.6) is 0 Å². The summed E-state index contributed by atoms with van der Waals surface area (Å²) in [7, 11) is 0. The van der Waals surface area contributed by atoms with E-state index in [0.717, 1.165) is 22.6 Å². The normalized spacial score (nSPS) is 13.6. The highest BCUT2D eigenvalue weighted by molar-refractivity contribution is 7.16. The Morgan fingerprint density at radius 1 is 1.12 bits per heavy atom. The first-order chi connectivity index (χ1) is 11.7. The number of carbonyl (C=O) groups is 2. The molecule has 3 aromatic rings. The predicted molar refractivity (Wildman–Crippen MR) is 97.1 cm³/mol. The molecule has 5 nitrogen and oxygen atoms in total. The lowest BCUT2D eigenvalue weighted by Gasteiger charge is -2.25. The number of thiophene rings is 2. The average Bonchev–Trinajstić information content (AvgIpc) is 3.32. The van der Waals surface area contributed by atoms with Crippen LogP contribution in [0.15, 0.2) is 33.7 Å². The molecule has 0 saturated carbocycles. The van der Waals surface area contributed by atoms with Crippen molar-refractivity contribution in [1.29, 1.82) is 0 Å². The fraction of sp³-hybridized carbons (Fsp3) is 0.188. The van der Waals surface area contributed by atoms with Crippen molar-refractivity contribution in [3.8, 4) is 0 Å². The average molecular weight is 376 g/mol. The molecule has 0 unspecified atom stereocenters. The van der Waals surface area contributed by atoms with Crippen molar-refractivity contribution in [3.63, 3.8) is 0 Å². The number of nitrogens with zero attached hydrogens (tertiary/aromatic N) is 2. The smallest absolute Gasteiger partial charge is 0.258 e. The minimum Gasteiger partial charge on any atom is -0.333 e. The number of rotatable bonds is 3. The number of hydrogen-bond donors (Lipinski definition) is 1. The second-order valence-corrected chi connectivity index (χ2v) is 7.99. The highest BCUT2D eigenvalue weighted by Gasteiger charge is 2.25. The van der Waals surface area contributed by atoms with Gasteiger partial charge in [-0.25, -0.2) is 4.98 Å². The maximum atomic E-state index is 12.5. The Hall–Kier alpha value is -2.03. The number of hydrogen-bond acceptors (Lipinski definition) is 6. The SMILES string of the molecule is O=C(Nc1nc2c(s1)CN(C(=O)c1ccsc1)CC2)c1ccsc1. The van der Waals surface area contributed by atoms with Crippen LogP contribution in [0.2, 0.25) is 0 Å². The lowest BCUT2D eigenvalue weighted by atomic mass is 10.1. The second kappa shape index (κ2) is 6.46. The van der Waals surface area contributed by atoms with Crippen LogP contribution in [0.25, 0.3) is 0 Å². The minimum absolute atomic E-state index is 0.0548. The zero-order valence-electron chi connectivity index (χ0n) is 12.5. The number of fused-ring (bicyclic) bond motifs is 1. The topological polar surface area (TPSA) is 62.3 Å². The largest absolute Gasteiger partial charge is 0.333 e. The van der Waals surface area contributed by atoms with Crippen LogP contribution in [-0.4, -0.2) is 28.2 Å². The van der Waals surface area contributed by atoms with Gasteiger partial charge in [0.15, 0.2) is 5.13 Å². The Labute approximate surface area is 150 Å². The molecular weight excluding hydrogens is 362 g/mol. The van der Waals surface area contributed by atoms with Gasteiger partial charge in [0.2, 0.25) is 0 Å². The summed E-state index contributed by atoms with van der Waals surface area (Å²) in [5.74, 6) is -0.0901. The third-order valence-electron chi connectivity index (χ3n) is 3.79. The van der Waals surface area contributed by atoms with Crippen LogP contribution in [0.3, 0.4) is 0 Å². The van der Waals surface area contributed by atoms with Gasteiger partial charge in [0.1, 0.15) is 0 Å². The Morgan fingerprint density at radius 2 is 1.88 bits per heavy atom. The molecular formula is C16H13N3O2S3. The maximum Gasteiger partial charge on any atom is 0.258 e. The van der Waals surface area contributed by atoms with Crippen LogP contribution in [0.1, 0.15) is 31.3 Å². The van der Waals surface area contributed by atoms with Gasteiger partial charge in [-0.2, -0.15) is 22.7 Å². The molecule has 4 heterocycles. The summed E-state index contributed by atoms with van der Waals surface area (Å²) < 4.78 is 0. The molecule has 0 radical (unpaired) electrons. The van der Waals surface area contributed by atoms with Crippen LogP contribution >= 0.6 is 34.0 Å². The fourth-order valence-corrected chi connectivity index (χ4v) is 4.84. The Balaban J connectivity index is 1.48. The first-order valence-electron chi connectivity index (χ1n) is 7.34. The Morgan fingerprint density at radius 3 is 2.58 bits per heavy atom. The monoisotopic (exact) mass is 375 g/mol. The van der Waals surface area contributed by atoms with Gasteiger partial charge in [-0.3, -0.25) is 14.9 Å². The summed E-state index contributed by atoms with van der Waals surface area (Å²) in [6, 6.07) is 3.64. The molecule has 122 valence electrons. The maximum absolute atomic E-state index is 12.5. The number of aromatic nitrogens is 1. The molecule has 0 aromatic carbocycles. The van der Waals surface area contributed by atoms with E-state index in [2.05, 4.69) is 10.3 Å². The molecule has 1 N–H and O–H groups in total. The molecule has 1 aliphatic heterocycles. The van der Waals surface area contributed by atoms with Crippen molar-refractivity contribution in [2.45, 2.75) is 13.0 Å². The number of anilines is 1. The number of nitrogens with one attached hydrogen (secondary N) is 1. The minimum atomic E-state index is -0.145. The van der Waals surface area contributed by atoms with E-state index in [0.29, 0.717) is 23.8 Å². The van der Waals surface area contributed by atoms with Crippen LogP contribution in [-0.2, 0) is 13.0 Å². The van der Waals surface area contributed by atoms with E-state index in [9.17, 15) is 9.59 Å². The van der Waals surface area contributed by atoms with E-state index >= 15 is 0 Å². The predicted octanol–water partition coefficient (Wildman–Crippen LogP) is 3.72. The molecule has 4 rings (SSSR count). The molecule has 0 atom stereocenters. The lowest BCUT2D eigenvalue weighted by molar-refractivity contribution is 0.0736. The Bertz CT molecular complexity index is 869. The number of thiazole rings is 1. The summed E-state index contributed by atoms with van der Waals surface area (Å²) in [6.07, 6.45) is 0.718. The zero-order chi connectivity index (χ0) is 16.5. The summed E-state index contributed by atoms with van der Waals surface area (Å²) in [5.41, 5.74) is 2.36. The molecule has 0 fully saturated rings. The summed E-state index contributed by atoms with van der Waals surface area (Å²) in [6.45, 7) is 1.21. The van der Waals surface area contributed by atoms with Crippen LogP contribution in [0, 0.1) is 0 Å². The molecule has 3 aromatic heterocycles. The van der Waals surface area contributed by atoms with Gasteiger partial charge in [-0.05, 0) is 22.9 Å². The van der Waals surface area contributed by atoms with E-state index in [-0.39, 0.29) is 11.8 Å². The van der Waals surface area contributed by atoms with E-state index in [1.165, 1.54) is 34.0 Å². The molecule has 1 aliphatic rings. The van der Waals surface area contributed by atoms with E-state index in [1.807, 2.05) is 32.5 Å². The highest BCUT2D eigenvalue weighted by Crippen LogP contribution is 2.29. The first-order valence-corrected chi connectivity index (χ1v) is 10.0. The third kappa shape index (κ3) is 3.00. The molecule has 0 bridgehead atoms. The number of carbonyl (C=O) groups excluding carboxylic acids is 2. The van der Waals surface area contributed by atoms with E-state index in [1.54, 1.807) is 6.07 Å². The third-order valence-corrected chi connectivity index (χ3v) is 6.15. The number of amides is 2. The van der Waals surface area contributed by atoms with Gasteiger partial charge in [0, 0.05) is 28.6 Å². The Kier molecular flexibility index (Phi) is 4.17. The molecule has 24 heavy (non-hydrogen) atoms. The quantitative estimate of drug-likeness (QED) is 0.759. The fourth-order valence-electron chi connectivity index (χ4n) is 2.55. The molecule has 0 saturated heterocycles. The van der Waals surface area contributed by atoms with Gasteiger partial charge in [0.05, 0.1) is 23.4 Å². The molecule has 0 spiro atoms. The standard InChI is InChI=1S/C16H13N3O2S3/c20-14(10-2-5-22-8-10)18-16-17-12-1-4-19(7-13(12)24-16)15(21)11-3-6-23-9-11/h2-3,5-6,8-9H,1,4,7H2,(H,17,18,20). The summed E-state index contributed by atoms with van der Waals surface area (Å²) >= 11 is 4.46. The summed E-state index contributed by atoms with van der Waals surface area (Å²) in [4.78, 5) is 32.0. The van der Waals surface area contributed by atoms with Gasteiger partial charge in [0.25, 0.3) is 11.8 Å². The molecule has 8 heteroatoms. The van der Waals surface area contributed by atoms with E-state index < -0.39 is 0 Å². The molecule has 0 aliphatic carbocycles. The van der Waals surface area contributed by atoms with E-state index in [4.69, 9.17) is 0 Å². The van der Waals surface area contributed by atoms with Crippen LogP contribution < -0.4 is 5.32 Å². The highest BCUT2D eigenvalue weighted by atomic mass is 32.1. The zero-order valence-corrected chi connectivity index (χ0v) is 15.0. The van der Waals surface area contributed by atoms with Crippen molar-refractivity contribution in [2.24, 2.45) is 0 Å². The van der Waals surface area contributed by atoms with Gasteiger partial charge < -0.3 is 4.90 Å². The van der Waals surface area contributed by atoms with Gasteiger partial charge in [-0.1, -0.05) is 11.3 Å².